The minimum Gasteiger partial charge on any atom is -0.301 e. The van der Waals surface area contributed by atoms with E-state index in [2.05, 4.69) is 9.80 Å². The minimum atomic E-state index is -4.27. The Balaban J connectivity index is 1.95. The van der Waals surface area contributed by atoms with E-state index in [0.717, 1.165) is 50.8 Å². The van der Waals surface area contributed by atoms with E-state index < -0.39 is 11.7 Å². The predicted molar refractivity (Wildman–Crippen MR) is 78.5 cm³/mol. The van der Waals surface area contributed by atoms with Gasteiger partial charge < -0.3 is 4.90 Å². The number of hydrogen-bond acceptors (Lipinski definition) is 2. The highest BCUT2D eigenvalue weighted by atomic mass is 35.5. The average molecular weight is 321 g/mol. The van der Waals surface area contributed by atoms with Crippen molar-refractivity contribution in [2.75, 3.05) is 38.6 Å². The molecule has 1 saturated heterocycles. The molecular weight excluding hydrogens is 301 g/mol. The van der Waals surface area contributed by atoms with Crippen molar-refractivity contribution in [3.8, 4) is 0 Å². The maximum Gasteiger partial charge on any atom is 0.416 e. The monoisotopic (exact) mass is 320 g/mol. The Morgan fingerprint density at radius 3 is 2.48 bits per heavy atom. The molecule has 0 aliphatic carbocycles. The van der Waals surface area contributed by atoms with Crippen LogP contribution in [0.3, 0.4) is 0 Å². The fraction of sp³-hybridized carbons (Fsp3) is 0.600. The first-order valence-corrected chi connectivity index (χ1v) is 7.69. The van der Waals surface area contributed by atoms with Crippen molar-refractivity contribution >= 4 is 11.6 Å². The third-order valence-corrected chi connectivity index (χ3v) is 3.91. The summed E-state index contributed by atoms with van der Waals surface area (Å²) in [7, 11) is 0. The van der Waals surface area contributed by atoms with Gasteiger partial charge in [0.15, 0.2) is 0 Å². The first kappa shape index (κ1) is 16.6. The maximum absolute atomic E-state index is 12.7. The van der Waals surface area contributed by atoms with E-state index in [1.807, 2.05) is 0 Å². The Bertz CT molecular complexity index is 451. The molecule has 1 aliphatic heterocycles. The molecule has 6 heteroatoms. The van der Waals surface area contributed by atoms with Gasteiger partial charge in [0.1, 0.15) is 0 Å². The lowest BCUT2D eigenvalue weighted by atomic mass is 10.1. The van der Waals surface area contributed by atoms with E-state index in [4.69, 9.17) is 11.6 Å². The van der Waals surface area contributed by atoms with E-state index in [1.54, 1.807) is 6.07 Å². The van der Waals surface area contributed by atoms with E-state index >= 15 is 0 Å². The molecule has 0 bridgehead atoms. The zero-order valence-electron chi connectivity index (χ0n) is 11.9. The SMILES string of the molecule is FC(F)(F)c1cccc(CN2CCCN(CCCl)CC2)c1. The van der Waals surface area contributed by atoms with E-state index in [0.29, 0.717) is 12.4 Å². The number of halogens is 4. The number of hydrogen-bond donors (Lipinski definition) is 0. The molecule has 0 aromatic heterocycles. The van der Waals surface area contributed by atoms with Gasteiger partial charge in [0, 0.05) is 32.1 Å². The highest BCUT2D eigenvalue weighted by molar-refractivity contribution is 6.18. The summed E-state index contributed by atoms with van der Waals surface area (Å²) in [5.74, 6) is 0.619. The molecule has 1 heterocycles. The summed E-state index contributed by atoms with van der Waals surface area (Å²) in [5, 5.41) is 0. The van der Waals surface area contributed by atoms with Gasteiger partial charge in [0.05, 0.1) is 5.56 Å². The van der Waals surface area contributed by atoms with Crippen molar-refractivity contribution in [1.29, 1.82) is 0 Å². The van der Waals surface area contributed by atoms with Gasteiger partial charge in [-0.2, -0.15) is 13.2 Å². The molecule has 0 atom stereocenters. The summed E-state index contributed by atoms with van der Waals surface area (Å²) in [4.78, 5) is 4.52. The van der Waals surface area contributed by atoms with Crippen molar-refractivity contribution in [3.63, 3.8) is 0 Å². The van der Waals surface area contributed by atoms with Crippen LogP contribution in [0, 0.1) is 0 Å². The second kappa shape index (κ2) is 7.47. The lowest BCUT2D eigenvalue weighted by molar-refractivity contribution is -0.137. The molecule has 0 spiro atoms. The van der Waals surface area contributed by atoms with Crippen LogP contribution < -0.4 is 0 Å². The second-order valence-corrected chi connectivity index (χ2v) is 5.74. The smallest absolute Gasteiger partial charge is 0.301 e. The van der Waals surface area contributed by atoms with Crippen molar-refractivity contribution in [2.45, 2.75) is 19.1 Å². The first-order valence-electron chi connectivity index (χ1n) is 7.16. The summed E-state index contributed by atoms with van der Waals surface area (Å²) in [6, 6.07) is 5.61. The molecule has 0 saturated carbocycles. The topological polar surface area (TPSA) is 6.48 Å². The number of benzene rings is 1. The third kappa shape index (κ3) is 5.16. The van der Waals surface area contributed by atoms with Crippen molar-refractivity contribution in [3.05, 3.63) is 35.4 Å². The van der Waals surface area contributed by atoms with Crippen LogP contribution in [0.4, 0.5) is 13.2 Å². The predicted octanol–water partition coefficient (Wildman–Crippen LogP) is 3.45. The zero-order chi connectivity index (χ0) is 15.3. The highest BCUT2D eigenvalue weighted by Gasteiger charge is 2.30. The largest absolute Gasteiger partial charge is 0.416 e. The zero-order valence-corrected chi connectivity index (χ0v) is 12.6. The molecule has 21 heavy (non-hydrogen) atoms. The third-order valence-electron chi connectivity index (χ3n) is 3.74. The molecule has 0 amide bonds. The average Bonchev–Trinajstić information content (AvgIpc) is 2.64. The van der Waals surface area contributed by atoms with Gasteiger partial charge >= 0.3 is 6.18 Å². The van der Waals surface area contributed by atoms with Gasteiger partial charge in [-0.15, -0.1) is 11.6 Å². The van der Waals surface area contributed by atoms with Crippen molar-refractivity contribution < 1.29 is 13.2 Å². The standard InChI is InChI=1S/C15H20ClF3N2/c16-5-8-20-6-2-7-21(10-9-20)12-13-3-1-4-14(11-13)15(17,18)19/h1,3-4,11H,2,5-10,12H2. The summed E-state index contributed by atoms with van der Waals surface area (Å²) < 4.78 is 38.1. The normalized spacial score (nSPS) is 18.7. The molecular formula is C15H20ClF3N2. The summed E-state index contributed by atoms with van der Waals surface area (Å²) in [6.45, 7) is 5.15. The molecule has 0 N–H and O–H groups in total. The maximum atomic E-state index is 12.7. The molecule has 1 aromatic rings. The number of alkyl halides is 4. The Morgan fingerprint density at radius 2 is 1.76 bits per heavy atom. The highest BCUT2D eigenvalue weighted by Crippen LogP contribution is 2.29. The van der Waals surface area contributed by atoms with Gasteiger partial charge in [-0.1, -0.05) is 18.2 Å². The lowest BCUT2D eigenvalue weighted by Crippen LogP contribution is -2.31. The fourth-order valence-electron chi connectivity index (χ4n) is 2.63. The van der Waals surface area contributed by atoms with Crippen LogP contribution in [0.15, 0.2) is 24.3 Å². The molecule has 0 unspecified atom stereocenters. The van der Waals surface area contributed by atoms with E-state index in [1.165, 1.54) is 12.1 Å². The van der Waals surface area contributed by atoms with Crippen LogP contribution >= 0.6 is 11.6 Å². The van der Waals surface area contributed by atoms with E-state index in [-0.39, 0.29) is 0 Å². The van der Waals surface area contributed by atoms with Crippen LogP contribution in [0.1, 0.15) is 17.5 Å². The van der Waals surface area contributed by atoms with Crippen molar-refractivity contribution in [1.82, 2.24) is 9.80 Å². The molecule has 118 valence electrons. The Kier molecular flexibility index (Phi) is 5.90. The number of nitrogens with zero attached hydrogens (tertiary/aromatic N) is 2. The molecule has 1 aliphatic rings. The Hall–Kier alpha value is -0.780. The van der Waals surface area contributed by atoms with Gasteiger partial charge in [0.2, 0.25) is 0 Å². The minimum absolute atomic E-state index is 0.568. The Labute approximate surface area is 128 Å². The fourth-order valence-corrected chi connectivity index (χ4v) is 2.87. The first-order chi connectivity index (χ1) is 9.99. The molecule has 2 rings (SSSR count). The van der Waals surface area contributed by atoms with Gasteiger partial charge in [-0.05, 0) is 31.1 Å². The quantitative estimate of drug-likeness (QED) is 0.784. The second-order valence-electron chi connectivity index (χ2n) is 5.36. The van der Waals surface area contributed by atoms with Gasteiger partial charge in [-0.25, -0.2) is 0 Å². The van der Waals surface area contributed by atoms with Crippen LogP contribution in [-0.4, -0.2) is 48.4 Å². The van der Waals surface area contributed by atoms with Crippen LogP contribution in [0.25, 0.3) is 0 Å². The van der Waals surface area contributed by atoms with Gasteiger partial charge in [0.25, 0.3) is 0 Å². The summed E-state index contributed by atoms with van der Waals surface area (Å²) in [5.41, 5.74) is 0.147. The molecule has 1 aromatic carbocycles. The molecule has 2 nitrogen and oxygen atoms in total. The van der Waals surface area contributed by atoms with E-state index in [9.17, 15) is 13.2 Å². The van der Waals surface area contributed by atoms with Gasteiger partial charge in [-0.3, -0.25) is 4.90 Å². The summed E-state index contributed by atoms with van der Waals surface area (Å²) in [6.07, 6.45) is -3.25. The molecule has 1 fully saturated rings. The number of rotatable bonds is 4. The molecule has 0 radical (unpaired) electrons. The van der Waals surface area contributed by atoms with Crippen LogP contribution in [0.5, 0.6) is 0 Å². The van der Waals surface area contributed by atoms with Crippen LogP contribution in [0.2, 0.25) is 0 Å². The Morgan fingerprint density at radius 1 is 1.05 bits per heavy atom. The van der Waals surface area contributed by atoms with Crippen molar-refractivity contribution in [2.24, 2.45) is 0 Å². The summed E-state index contributed by atoms with van der Waals surface area (Å²) >= 11 is 5.75. The van der Waals surface area contributed by atoms with Crippen LogP contribution in [-0.2, 0) is 12.7 Å². The lowest BCUT2D eigenvalue weighted by Gasteiger charge is -2.21.